The fraction of sp³-hybridized carbons (Fsp3) is 1.00. The van der Waals surface area contributed by atoms with Gasteiger partial charge >= 0.3 is 0 Å². The Morgan fingerprint density at radius 3 is 2.30 bits per heavy atom. The summed E-state index contributed by atoms with van der Waals surface area (Å²) in [5.41, 5.74) is 0.490. The zero-order chi connectivity index (χ0) is 21.9. The molecular weight excluding hydrogens is 368 g/mol. The van der Waals surface area contributed by atoms with Gasteiger partial charge in [0.05, 0.1) is 11.7 Å². The van der Waals surface area contributed by atoms with Crippen molar-refractivity contribution in [3.63, 3.8) is 0 Å². The number of aliphatic hydroxyl groups is 2. The van der Waals surface area contributed by atoms with E-state index < -0.39 is 5.60 Å². The van der Waals surface area contributed by atoms with E-state index in [4.69, 9.17) is 0 Å². The van der Waals surface area contributed by atoms with E-state index in [0.717, 1.165) is 67.1 Å². The van der Waals surface area contributed by atoms with Crippen LogP contribution in [0.2, 0.25) is 0 Å². The molecule has 4 fully saturated rings. The number of unbranched alkanes of at least 4 members (excludes halogenated alkanes) is 1. The average molecular weight is 419 g/mol. The summed E-state index contributed by atoms with van der Waals surface area (Å²) in [4.78, 5) is 0. The molecule has 0 heterocycles. The summed E-state index contributed by atoms with van der Waals surface area (Å²) in [5.74, 6) is 6.01. The Labute approximate surface area is 186 Å². The molecule has 4 aliphatic rings. The third kappa shape index (κ3) is 3.81. The number of rotatable bonds is 5. The molecule has 0 saturated heterocycles. The first-order valence-electron chi connectivity index (χ1n) is 13.4. The molecule has 174 valence electrons. The lowest BCUT2D eigenvalue weighted by atomic mass is 9.44. The van der Waals surface area contributed by atoms with Gasteiger partial charge in [-0.2, -0.15) is 0 Å². The van der Waals surface area contributed by atoms with E-state index in [0.29, 0.717) is 10.8 Å². The second kappa shape index (κ2) is 8.05. The van der Waals surface area contributed by atoms with E-state index in [9.17, 15) is 10.2 Å². The van der Waals surface area contributed by atoms with Crippen molar-refractivity contribution in [1.29, 1.82) is 0 Å². The average Bonchev–Trinajstić information content (AvgIpc) is 2.85. The Hall–Kier alpha value is -0.0800. The van der Waals surface area contributed by atoms with Crippen LogP contribution in [-0.2, 0) is 0 Å². The highest BCUT2D eigenvalue weighted by Gasteiger charge is 2.63. The molecule has 0 radical (unpaired) electrons. The van der Waals surface area contributed by atoms with E-state index in [1.807, 2.05) is 13.8 Å². The van der Waals surface area contributed by atoms with Gasteiger partial charge < -0.3 is 10.2 Å². The molecule has 4 aliphatic carbocycles. The monoisotopic (exact) mass is 418 g/mol. The summed E-state index contributed by atoms with van der Waals surface area (Å²) in [7, 11) is 0. The zero-order valence-electron chi connectivity index (χ0n) is 20.8. The molecule has 4 rings (SSSR count). The van der Waals surface area contributed by atoms with Crippen molar-refractivity contribution in [1.82, 2.24) is 0 Å². The lowest BCUT2D eigenvalue weighted by Gasteiger charge is -2.61. The van der Waals surface area contributed by atoms with Crippen molar-refractivity contribution in [3.05, 3.63) is 0 Å². The molecule has 0 spiro atoms. The summed E-state index contributed by atoms with van der Waals surface area (Å²) in [6, 6.07) is 0. The Morgan fingerprint density at radius 1 is 0.900 bits per heavy atom. The maximum Gasteiger partial charge on any atom is 0.0591 e. The minimum Gasteiger partial charge on any atom is -0.393 e. The van der Waals surface area contributed by atoms with Crippen molar-refractivity contribution in [2.75, 3.05) is 0 Å². The van der Waals surface area contributed by atoms with Crippen molar-refractivity contribution in [2.45, 2.75) is 124 Å². The summed E-state index contributed by atoms with van der Waals surface area (Å²) in [5, 5.41) is 20.4. The SMILES string of the molecule is CC1C(C)C2C3CCC4CC(O)CCC4(C)C3CCC2(C)C1CCCCC(C)(C)O. The Balaban J connectivity index is 1.50. The maximum atomic E-state index is 10.3. The fourth-order valence-corrected chi connectivity index (χ4v) is 9.74. The molecule has 4 saturated carbocycles. The molecular formula is C28H50O2. The third-order valence-electron chi connectivity index (χ3n) is 11.4. The number of hydrogen-bond acceptors (Lipinski definition) is 2. The first-order valence-corrected chi connectivity index (χ1v) is 13.4. The summed E-state index contributed by atoms with van der Waals surface area (Å²) in [6.07, 6.45) is 13.7. The molecule has 2 N–H and O–H groups in total. The summed E-state index contributed by atoms with van der Waals surface area (Å²) in [6.45, 7) is 14.3. The van der Waals surface area contributed by atoms with E-state index in [2.05, 4.69) is 27.7 Å². The number of aliphatic hydroxyl groups excluding tert-OH is 1. The van der Waals surface area contributed by atoms with Gasteiger partial charge in [-0.1, -0.05) is 40.5 Å². The van der Waals surface area contributed by atoms with Gasteiger partial charge in [0.1, 0.15) is 0 Å². The molecule has 2 nitrogen and oxygen atoms in total. The second-order valence-electron chi connectivity index (χ2n) is 13.4. The molecule has 0 bridgehead atoms. The van der Waals surface area contributed by atoms with E-state index >= 15 is 0 Å². The molecule has 0 aromatic carbocycles. The van der Waals surface area contributed by atoms with Crippen LogP contribution in [0.25, 0.3) is 0 Å². The smallest absolute Gasteiger partial charge is 0.0591 e. The van der Waals surface area contributed by atoms with Gasteiger partial charge in [-0.25, -0.2) is 0 Å². The minimum absolute atomic E-state index is 0.0350. The Bertz CT molecular complexity index is 608. The molecule has 0 amide bonds. The van der Waals surface area contributed by atoms with Crippen LogP contribution in [0.4, 0.5) is 0 Å². The van der Waals surface area contributed by atoms with Gasteiger partial charge in [0.2, 0.25) is 0 Å². The molecule has 2 heteroatoms. The van der Waals surface area contributed by atoms with Gasteiger partial charge in [0.25, 0.3) is 0 Å². The lowest BCUT2D eigenvalue weighted by Crippen LogP contribution is -2.54. The van der Waals surface area contributed by atoms with Crippen LogP contribution in [0, 0.1) is 52.3 Å². The summed E-state index contributed by atoms with van der Waals surface area (Å²) < 4.78 is 0. The highest BCUT2D eigenvalue weighted by atomic mass is 16.3. The van der Waals surface area contributed by atoms with E-state index in [-0.39, 0.29) is 6.10 Å². The highest BCUT2D eigenvalue weighted by Crippen LogP contribution is 2.70. The molecule has 10 atom stereocenters. The summed E-state index contributed by atoms with van der Waals surface area (Å²) >= 11 is 0. The fourth-order valence-electron chi connectivity index (χ4n) is 9.74. The maximum absolute atomic E-state index is 10.3. The largest absolute Gasteiger partial charge is 0.393 e. The van der Waals surface area contributed by atoms with Crippen molar-refractivity contribution < 1.29 is 10.2 Å². The van der Waals surface area contributed by atoms with E-state index in [1.54, 1.807) is 0 Å². The molecule has 10 unspecified atom stereocenters. The van der Waals surface area contributed by atoms with Crippen LogP contribution in [-0.4, -0.2) is 21.9 Å². The normalized spacial score (nSPS) is 51.2. The first-order chi connectivity index (χ1) is 14.0. The standard InChI is InChI=1S/C28H50O2/c1-18-19(2)25-22-11-10-20-17-21(29)12-15-27(20,5)24(22)13-16-28(25,6)23(18)9-7-8-14-26(3,4)30/h18-25,29-30H,7-17H2,1-6H3. The third-order valence-corrected chi connectivity index (χ3v) is 11.4. The predicted molar refractivity (Wildman–Crippen MR) is 125 cm³/mol. The molecule has 0 aromatic heterocycles. The topological polar surface area (TPSA) is 40.5 Å². The molecule has 0 aromatic rings. The minimum atomic E-state index is -0.513. The second-order valence-corrected chi connectivity index (χ2v) is 13.4. The van der Waals surface area contributed by atoms with Crippen LogP contribution in [0.3, 0.4) is 0 Å². The van der Waals surface area contributed by atoms with Gasteiger partial charge in [-0.05, 0) is 124 Å². The quantitative estimate of drug-likeness (QED) is 0.480. The Morgan fingerprint density at radius 2 is 1.60 bits per heavy atom. The Kier molecular flexibility index (Phi) is 6.20. The van der Waals surface area contributed by atoms with Crippen LogP contribution < -0.4 is 0 Å². The van der Waals surface area contributed by atoms with Gasteiger partial charge in [-0.3, -0.25) is 0 Å². The van der Waals surface area contributed by atoms with Gasteiger partial charge in [-0.15, -0.1) is 0 Å². The van der Waals surface area contributed by atoms with Crippen LogP contribution in [0.15, 0.2) is 0 Å². The van der Waals surface area contributed by atoms with Crippen LogP contribution in [0.1, 0.15) is 112 Å². The first kappa shape index (κ1) is 23.1. The van der Waals surface area contributed by atoms with Crippen LogP contribution >= 0.6 is 0 Å². The highest BCUT2D eigenvalue weighted by molar-refractivity contribution is 5.12. The molecule has 30 heavy (non-hydrogen) atoms. The van der Waals surface area contributed by atoms with Crippen molar-refractivity contribution in [2.24, 2.45) is 52.3 Å². The van der Waals surface area contributed by atoms with Gasteiger partial charge in [0, 0.05) is 0 Å². The van der Waals surface area contributed by atoms with E-state index in [1.165, 1.54) is 44.9 Å². The lowest BCUT2D eigenvalue weighted by molar-refractivity contribution is -0.132. The van der Waals surface area contributed by atoms with Crippen molar-refractivity contribution >= 4 is 0 Å². The zero-order valence-corrected chi connectivity index (χ0v) is 20.8. The predicted octanol–water partition coefficient (Wildman–Crippen LogP) is 6.83. The van der Waals surface area contributed by atoms with Gasteiger partial charge in [0.15, 0.2) is 0 Å². The van der Waals surface area contributed by atoms with Crippen molar-refractivity contribution in [3.8, 4) is 0 Å². The number of fused-ring (bicyclic) bond motifs is 5. The molecule has 0 aliphatic heterocycles. The van der Waals surface area contributed by atoms with Crippen LogP contribution in [0.5, 0.6) is 0 Å². The number of hydrogen-bond donors (Lipinski definition) is 2.